The molecule has 7 heteroatoms. The monoisotopic (exact) mass is 568 g/mol. The van der Waals surface area contributed by atoms with E-state index in [4.69, 9.17) is 16.3 Å². The largest absolute Gasteiger partial charge is 1.00 e. The van der Waals surface area contributed by atoms with Gasteiger partial charge in [-0.15, -0.1) is 0 Å². The van der Waals surface area contributed by atoms with Gasteiger partial charge in [0, 0.05) is 5.02 Å². The van der Waals surface area contributed by atoms with Gasteiger partial charge in [0.25, 0.3) is 0 Å². The summed E-state index contributed by atoms with van der Waals surface area (Å²) in [6.45, 7) is 8.77. The van der Waals surface area contributed by atoms with Gasteiger partial charge in [-0.3, -0.25) is 0 Å². The number of piperidine rings is 2. The molecule has 0 spiro atoms. The van der Waals surface area contributed by atoms with Crippen LogP contribution in [-0.4, -0.2) is 75.4 Å². The summed E-state index contributed by atoms with van der Waals surface area (Å²) in [6.07, 6.45) is 7.71. The molecule has 1 atom stereocenters. The first-order valence-electron chi connectivity index (χ1n) is 11.2. The summed E-state index contributed by atoms with van der Waals surface area (Å²) in [6, 6.07) is 4.99. The van der Waals surface area contributed by atoms with Crippen LogP contribution in [0.4, 0.5) is 0 Å². The van der Waals surface area contributed by atoms with Crippen molar-refractivity contribution in [1.82, 2.24) is 0 Å². The highest BCUT2D eigenvalue weighted by molar-refractivity contribution is 6.30. The molecular weight excluding hydrogens is 527 g/mol. The summed E-state index contributed by atoms with van der Waals surface area (Å²) in [5, 5.41) is 11.0. The van der Waals surface area contributed by atoms with Gasteiger partial charge in [0.2, 0.25) is 0 Å². The molecule has 2 aliphatic rings. The predicted octanol–water partition coefficient (Wildman–Crippen LogP) is 0.663. The van der Waals surface area contributed by atoms with E-state index >= 15 is 0 Å². The van der Waals surface area contributed by atoms with Crippen LogP contribution in [0.25, 0.3) is 0 Å². The first-order valence-corrected chi connectivity index (χ1v) is 11.6. The lowest BCUT2D eigenvalue weighted by atomic mass is 10.1. The number of quaternary nitrogens is 2. The van der Waals surface area contributed by atoms with Gasteiger partial charge in [-0.2, -0.15) is 0 Å². The number of halogens is 2. The molecule has 2 fully saturated rings. The number of hydrogen-bond donors (Lipinski definition) is 0. The molecule has 0 amide bonds. The molecule has 2 aliphatic heterocycles. The van der Waals surface area contributed by atoms with Crippen LogP contribution >= 0.6 is 11.6 Å². The smallest absolute Gasteiger partial charge is 0.135 e. The highest BCUT2D eigenvalue weighted by Crippen LogP contribution is 2.22. The van der Waals surface area contributed by atoms with E-state index in [1.165, 1.54) is 80.6 Å². The standard InChI is InChI=1S/C10H11ClO3.2C7H16N.HI/c1-6-5-8(11)3-4-9(6)14-7(2)10(12)13;2*1-8(2)6-4-3-5-7-8;/h3-5,7H,1-2H3,(H,12,13);2*3-7H2,1-2H3;1H/q;2*+1;/p-2. The topological polar surface area (TPSA) is 49.4 Å². The fourth-order valence-electron chi connectivity index (χ4n) is 3.72. The molecule has 180 valence electrons. The molecule has 0 N–H and O–H groups in total. The molecule has 0 aliphatic carbocycles. The molecule has 0 bridgehead atoms. The van der Waals surface area contributed by atoms with Crippen molar-refractivity contribution in [3.63, 3.8) is 0 Å². The van der Waals surface area contributed by atoms with Gasteiger partial charge in [-0.1, -0.05) is 11.6 Å². The van der Waals surface area contributed by atoms with Gasteiger partial charge in [-0.05, 0) is 76.1 Å². The van der Waals surface area contributed by atoms with Crippen molar-refractivity contribution in [3.8, 4) is 5.75 Å². The number of carboxylic acids is 1. The zero-order valence-corrected chi connectivity index (χ0v) is 23.2. The van der Waals surface area contributed by atoms with Gasteiger partial charge >= 0.3 is 0 Å². The second kappa shape index (κ2) is 14.6. The Morgan fingerprint density at radius 1 is 0.935 bits per heavy atom. The van der Waals surface area contributed by atoms with Crippen LogP contribution < -0.4 is 33.8 Å². The fraction of sp³-hybridized carbons (Fsp3) is 0.708. The van der Waals surface area contributed by atoms with Crippen molar-refractivity contribution in [3.05, 3.63) is 28.8 Å². The summed E-state index contributed by atoms with van der Waals surface area (Å²) in [7, 11) is 9.27. The summed E-state index contributed by atoms with van der Waals surface area (Å²) in [4.78, 5) is 10.4. The molecule has 2 heterocycles. The molecule has 5 nitrogen and oxygen atoms in total. The van der Waals surface area contributed by atoms with Crippen molar-refractivity contribution in [2.24, 2.45) is 0 Å². The number of likely N-dealkylation sites (tertiary alicyclic amines) is 2. The van der Waals surface area contributed by atoms with Crippen LogP contribution in [0.5, 0.6) is 5.75 Å². The van der Waals surface area contributed by atoms with Gasteiger partial charge < -0.3 is 47.6 Å². The van der Waals surface area contributed by atoms with E-state index in [9.17, 15) is 9.90 Å². The molecule has 3 rings (SSSR count). The highest BCUT2D eigenvalue weighted by atomic mass is 127. The zero-order valence-electron chi connectivity index (χ0n) is 20.3. The van der Waals surface area contributed by atoms with Crippen LogP contribution in [0.3, 0.4) is 0 Å². The summed E-state index contributed by atoms with van der Waals surface area (Å²) < 4.78 is 7.64. The SMILES string of the molecule is C[N+]1(C)CCCCC1.C[N+]1(C)CCCCC1.Cc1cc(Cl)ccc1OC(C)C(=O)[O-].[I-]. The second-order valence-corrected chi connectivity index (χ2v) is 10.3. The Kier molecular flexibility index (Phi) is 14.3. The molecular formula is C24H42ClIN2O3. The van der Waals surface area contributed by atoms with E-state index < -0.39 is 12.1 Å². The van der Waals surface area contributed by atoms with Gasteiger partial charge in [0.1, 0.15) is 11.9 Å². The molecule has 0 radical (unpaired) electrons. The first kappa shape index (κ1) is 30.4. The third-order valence-corrected chi connectivity index (χ3v) is 6.06. The van der Waals surface area contributed by atoms with Crippen molar-refractivity contribution in [2.75, 3.05) is 54.4 Å². The average molecular weight is 569 g/mol. The Bertz CT molecular complexity index is 630. The Balaban J connectivity index is 0.000000456. The van der Waals surface area contributed by atoms with E-state index in [-0.39, 0.29) is 24.0 Å². The Morgan fingerprint density at radius 3 is 1.65 bits per heavy atom. The van der Waals surface area contributed by atoms with Crippen LogP contribution in [0, 0.1) is 6.92 Å². The fourth-order valence-corrected chi connectivity index (χ4v) is 3.95. The summed E-state index contributed by atoms with van der Waals surface area (Å²) >= 11 is 5.73. The Hall–Kier alpha value is -0.570. The average Bonchev–Trinajstić information content (AvgIpc) is 2.64. The predicted molar refractivity (Wildman–Crippen MR) is 123 cm³/mol. The van der Waals surface area contributed by atoms with Crippen molar-refractivity contribution in [1.29, 1.82) is 0 Å². The third-order valence-electron chi connectivity index (χ3n) is 5.83. The van der Waals surface area contributed by atoms with E-state index in [0.717, 1.165) is 5.56 Å². The number of rotatable bonds is 3. The van der Waals surface area contributed by atoms with Crippen molar-refractivity contribution in [2.45, 2.75) is 58.5 Å². The minimum atomic E-state index is -1.24. The number of carboxylic acid groups (broad SMARTS) is 1. The molecule has 31 heavy (non-hydrogen) atoms. The number of carbonyl (C=O) groups is 1. The van der Waals surface area contributed by atoms with Gasteiger partial charge in [-0.25, -0.2) is 0 Å². The lowest BCUT2D eigenvalue weighted by Gasteiger charge is -2.33. The number of benzene rings is 1. The zero-order chi connectivity index (χ0) is 22.8. The molecule has 0 saturated carbocycles. The van der Waals surface area contributed by atoms with Gasteiger partial charge in [0.05, 0.1) is 60.3 Å². The van der Waals surface area contributed by atoms with Crippen LogP contribution in [0.2, 0.25) is 5.02 Å². The highest BCUT2D eigenvalue weighted by Gasteiger charge is 2.18. The second-order valence-electron chi connectivity index (χ2n) is 9.88. The third kappa shape index (κ3) is 13.5. The number of aryl methyl sites for hydroxylation is 1. The minimum absolute atomic E-state index is 0. The number of carbonyl (C=O) groups excluding carboxylic acids is 1. The maximum absolute atomic E-state index is 10.4. The normalized spacial score (nSPS) is 19.8. The summed E-state index contributed by atoms with van der Waals surface area (Å²) in [5.74, 6) is -0.731. The van der Waals surface area contributed by atoms with Crippen molar-refractivity contribution < 1.29 is 47.6 Å². The van der Waals surface area contributed by atoms with Crippen LogP contribution in [0.1, 0.15) is 51.0 Å². The number of aliphatic carboxylic acids is 1. The Morgan fingerprint density at radius 2 is 1.35 bits per heavy atom. The number of nitrogens with zero attached hydrogens (tertiary/aromatic N) is 2. The summed E-state index contributed by atoms with van der Waals surface area (Å²) in [5.41, 5.74) is 0.797. The van der Waals surface area contributed by atoms with E-state index in [2.05, 4.69) is 28.2 Å². The molecule has 1 aromatic carbocycles. The van der Waals surface area contributed by atoms with Crippen LogP contribution in [0.15, 0.2) is 18.2 Å². The maximum atomic E-state index is 10.4. The quantitative estimate of drug-likeness (QED) is 0.398. The first-order chi connectivity index (χ1) is 13.9. The molecule has 1 aromatic rings. The van der Waals surface area contributed by atoms with E-state index in [0.29, 0.717) is 10.8 Å². The number of ether oxygens (including phenoxy) is 1. The lowest BCUT2D eigenvalue weighted by molar-refractivity contribution is -0.894. The van der Waals surface area contributed by atoms with Crippen molar-refractivity contribution >= 4 is 17.6 Å². The van der Waals surface area contributed by atoms with E-state index in [1.807, 2.05) is 0 Å². The van der Waals surface area contributed by atoms with Gasteiger partial charge in [0.15, 0.2) is 0 Å². The Labute approximate surface area is 211 Å². The molecule has 0 aromatic heterocycles. The number of hydrogen-bond acceptors (Lipinski definition) is 3. The van der Waals surface area contributed by atoms with E-state index in [1.54, 1.807) is 25.1 Å². The molecule has 1 unspecified atom stereocenters. The maximum Gasteiger partial charge on any atom is 0.135 e. The minimum Gasteiger partial charge on any atom is -1.00 e. The van der Waals surface area contributed by atoms with Crippen LogP contribution in [-0.2, 0) is 4.79 Å². The lowest BCUT2D eigenvalue weighted by Crippen LogP contribution is -3.00. The molecule has 2 saturated heterocycles.